The number of hydrogen-bond acceptors (Lipinski definition) is 5. The summed E-state index contributed by atoms with van der Waals surface area (Å²) in [5.41, 5.74) is 1.65. The van der Waals surface area contributed by atoms with Gasteiger partial charge in [0, 0.05) is 43.8 Å². The quantitative estimate of drug-likeness (QED) is 0.921. The van der Waals surface area contributed by atoms with E-state index in [9.17, 15) is 4.79 Å². The molecule has 5 nitrogen and oxygen atoms in total. The van der Waals surface area contributed by atoms with Crippen molar-refractivity contribution in [3.05, 3.63) is 41.2 Å². The number of aromatic nitrogens is 2. The molecule has 6 heteroatoms. The van der Waals surface area contributed by atoms with Crippen molar-refractivity contribution in [3.8, 4) is 0 Å². The van der Waals surface area contributed by atoms with Crippen LogP contribution in [0.15, 0.2) is 29.9 Å². The Hall–Kier alpha value is -1.95. The summed E-state index contributed by atoms with van der Waals surface area (Å²) < 4.78 is 0. The van der Waals surface area contributed by atoms with Crippen molar-refractivity contribution in [1.82, 2.24) is 15.3 Å². The fourth-order valence-electron chi connectivity index (χ4n) is 2.54. The highest BCUT2D eigenvalue weighted by Crippen LogP contribution is 2.24. The Kier molecular flexibility index (Phi) is 5.00. The van der Waals surface area contributed by atoms with Crippen LogP contribution in [0.3, 0.4) is 0 Å². The molecular formula is C16H20N4OS. The maximum Gasteiger partial charge on any atom is 0.252 e. The Bertz CT molecular complexity index is 608. The van der Waals surface area contributed by atoms with Crippen LogP contribution in [0, 0.1) is 0 Å². The number of piperidine rings is 1. The van der Waals surface area contributed by atoms with Crippen LogP contribution >= 0.6 is 11.3 Å². The summed E-state index contributed by atoms with van der Waals surface area (Å²) in [5.74, 6) is -0.0837. The average Bonchev–Trinajstić information content (AvgIpc) is 3.05. The van der Waals surface area contributed by atoms with Crippen LogP contribution in [0.4, 0.5) is 5.13 Å². The molecule has 1 fully saturated rings. The summed E-state index contributed by atoms with van der Waals surface area (Å²) in [7, 11) is 0. The number of pyridine rings is 1. The minimum Gasteiger partial charge on any atom is -0.352 e. The Morgan fingerprint density at radius 2 is 2.18 bits per heavy atom. The standard InChI is InChI=1S/C16H20N4OS/c21-15(13-5-4-7-17-11-13)18-8-6-14-12-22-16(19-14)20-9-2-1-3-10-20/h4-5,7,11-12H,1-3,6,8-10H2,(H,18,21). The van der Waals surface area contributed by atoms with Crippen molar-refractivity contribution in [2.45, 2.75) is 25.7 Å². The zero-order chi connectivity index (χ0) is 15.2. The van der Waals surface area contributed by atoms with Crippen LogP contribution in [0.1, 0.15) is 35.3 Å². The predicted molar refractivity (Wildman–Crippen MR) is 88.5 cm³/mol. The summed E-state index contributed by atoms with van der Waals surface area (Å²) >= 11 is 1.70. The van der Waals surface area contributed by atoms with Crippen molar-refractivity contribution in [2.24, 2.45) is 0 Å². The molecule has 2 aromatic rings. The third kappa shape index (κ3) is 3.82. The van der Waals surface area contributed by atoms with Crippen molar-refractivity contribution < 1.29 is 4.79 Å². The smallest absolute Gasteiger partial charge is 0.252 e. The number of amides is 1. The topological polar surface area (TPSA) is 58.1 Å². The number of anilines is 1. The van der Waals surface area contributed by atoms with E-state index in [1.165, 1.54) is 19.3 Å². The first-order valence-electron chi connectivity index (χ1n) is 7.70. The number of thiazole rings is 1. The molecule has 1 saturated heterocycles. The lowest BCUT2D eigenvalue weighted by molar-refractivity contribution is 0.0953. The fourth-order valence-corrected chi connectivity index (χ4v) is 3.46. The SMILES string of the molecule is O=C(NCCc1csc(N2CCCCC2)n1)c1cccnc1. The summed E-state index contributed by atoms with van der Waals surface area (Å²) in [4.78, 5) is 22.9. The minimum atomic E-state index is -0.0837. The van der Waals surface area contributed by atoms with Crippen molar-refractivity contribution >= 4 is 22.4 Å². The highest BCUT2D eigenvalue weighted by molar-refractivity contribution is 7.13. The molecule has 0 unspecified atom stereocenters. The predicted octanol–water partition coefficient (Wildman–Crippen LogP) is 2.50. The van der Waals surface area contributed by atoms with Crippen LogP contribution in [0.5, 0.6) is 0 Å². The molecule has 0 aromatic carbocycles. The number of nitrogens with zero attached hydrogens (tertiary/aromatic N) is 3. The van der Waals surface area contributed by atoms with E-state index >= 15 is 0 Å². The second-order valence-corrected chi connectivity index (χ2v) is 6.25. The number of rotatable bonds is 5. The molecule has 1 N–H and O–H groups in total. The molecule has 22 heavy (non-hydrogen) atoms. The van der Waals surface area contributed by atoms with Crippen LogP contribution in [-0.2, 0) is 6.42 Å². The van der Waals surface area contributed by atoms with Gasteiger partial charge in [0.2, 0.25) is 0 Å². The van der Waals surface area contributed by atoms with Gasteiger partial charge in [0.05, 0.1) is 11.3 Å². The monoisotopic (exact) mass is 316 g/mol. The summed E-state index contributed by atoms with van der Waals surface area (Å²) in [6, 6.07) is 3.53. The van der Waals surface area contributed by atoms with Crippen LogP contribution in [0.2, 0.25) is 0 Å². The normalized spacial score (nSPS) is 14.8. The average molecular weight is 316 g/mol. The lowest BCUT2D eigenvalue weighted by Gasteiger charge is -2.25. The van der Waals surface area contributed by atoms with E-state index in [4.69, 9.17) is 0 Å². The van der Waals surface area contributed by atoms with Gasteiger partial charge >= 0.3 is 0 Å². The van der Waals surface area contributed by atoms with Crippen LogP contribution < -0.4 is 10.2 Å². The van der Waals surface area contributed by atoms with E-state index in [2.05, 4.69) is 25.6 Å². The molecule has 116 valence electrons. The van der Waals surface area contributed by atoms with Gasteiger partial charge in [-0.3, -0.25) is 9.78 Å². The van der Waals surface area contributed by atoms with E-state index in [1.807, 2.05) is 0 Å². The fraction of sp³-hybridized carbons (Fsp3) is 0.438. The van der Waals surface area contributed by atoms with Crippen LogP contribution in [0.25, 0.3) is 0 Å². The number of nitrogens with one attached hydrogen (secondary N) is 1. The molecule has 1 aliphatic rings. The van der Waals surface area contributed by atoms with Gasteiger partial charge in [-0.05, 0) is 31.4 Å². The first-order chi connectivity index (χ1) is 10.8. The third-order valence-corrected chi connectivity index (χ3v) is 4.71. The van der Waals surface area contributed by atoms with E-state index in [0.29, 0.717) is 12.1 Å². The first-order valence-corrected chi connectivity index (χ1v) is 8.58. The van der Waals surface area contributed by atoms with Gasteiger partial charge in [0.1, 0.15) is 0 Å². The van der Waals surface area contributed by atoms with E-state index in [1.54, 1.807) is 35.9 Å². The highest BCUT2D eigenvalue weighted by Gasteiger charge is 2.14. The summed E-state index contributed by atoms with van der Waals surface area (Å²) in [5, 5.41) is 6.12. The zero-order valence-electron chi connectivity index (χ0n) is 12.5. The molecule has 3 rings (SSSR count). The van der Waals surface area contributed by atoms with E-state index < -0.39 is 0 Å². The molecule has 1 aliphatic heterocycles. The van der Waals surface area contributed by atoms with Gasteiger partial charge in [0.25, 0.3) is 5.91 Å². The molecule has 0 spiro atoms. The van der Waals surface area contributed by atoms with E-state index in [0.717, 1.165) is 30.3 Å². The maximum absolute atomic E-state index is 11.9. The van der Waals surface area contributed by atoms with Gasteiger partial charge in [-0.25, -0.2) is 4.98 Å². The largest absolute Gasteiger partial charge is 0.352 e. The zero-order valence-corrected chi connectivity index (χ0v) is 13.3. The molecule has 0 aliphatic carbocycles. The Labute approximate surface area is 134 Å². The summed E-state index contributed by atoms with van der Waals surface area (Å²) in [6.07, 6.45) is 7.85. The lowest BCUT2D eigenvalue weighted by atomic mass is 10.1. The molecule has 1 amide bonds. The minimum absolute atomic E-state index is 0.0837. The Morgan fingerprint density at radius 1 is 1.32 bits per heavy atom. The molecule has 0 bridgehead atoms. The molecule has 3 heterocycles. The Morgan fingerprint density at radius 3 is 2.95 bits per heavy atom. The molecule has 0 atom stereocenters. The number of carbonyl (C=O) groups excluding carboxylic acids is 1. The van der Waals surface area contributed by atoms with Gasteiger partial charge in [-0.15, -0.1) is 11.3 Å². The first kappa shape index (κ1) is 15.0. The molecule has 2 aromatic heterocycles. The van der Waals surface area contributed by atoms with Gasteiger partial charge < -0.3 is 10.2 Å². The molecular weight excluding hydrogens is 296 g/mol. The second kappa shape index (κ2) is 7.35. The van der Waals surface area contributed by atoms with Gasteiger partial charge in [-0.2, -0.15) is 0 Å². The maximum atomic E-state index is 11.9. The van der Waals surface area contributed by atoms with Crippen LogP contribution in [-0.4, -0.2) is 35.5 Å². The summed E-state index contributed by atoms with van der Waals surface area (Å²) in [6.45, 7) is 2.83. The molecule has 0 radical (unpaired) electrons. The van der Waals surface area contributed by atoms with Gasteiger partial charge in [-0.1, -0.05) is 0 Å². The van der Waals surface area contributed by atoms with Crippen molar-refractivity contribution in [3.63, 3.8) is 0 Å². The highest BCUT2D eigenvalue weighted by atomic mass is 32.1. The molecule has 0 saturated carbocycles. The third-order valence-electron chi connectivity index (χ3n) is 3.76. The number of carbonyl (C=O) groups is 1. The lowest BCUT2D eigenvalue weighted by Crippen LogP contribution is -2.29. The number of hydrogen-bond donors (Lipinski definition) is 1. The van der Waals surface area contributed by atoms with Crippen molar-refractivity contribution in [2.75, 3.05) is 24.5 Å². The van der Waals surface area contributed by atoms with E-state index in [-0.39, 0.29) is 5.91 Å². The Balaban J connectivity index is 1.48. The second-order valence-electron chi connectivity index (χ2n) is 5.42. The van der Waals surface area contributed by atoms with Crippen molar-refractivity contribution in [1.29, 1.82) is 0 Å². The van der Waals surface area contributed by atoms with Gasteiger partial charge in [0.15, 0.2) is 5.13 Å².